The standard InChI is InChI=1S/C15H20N4/c1-12(2)11-17-14-9-10-16-15(18-14)19(3)13-7-5-4-6-8-13/h4-10,12H,11H2,1-3H3,(H,16,17,18). The highest BCUT2D eigenvalue weighted by molar-refractivity contribution is 5.57. The minimum absolute atomic E-state index is 0.588. The summed E-state index contributed by atoms with van der Waals surface area (Å²) in [5.41, 5.74) is 1.07. The van der Waals surface area contributed by atoms with Gasteiger partial charge in [0.25, 0.3) is 0 Å². The van der Waals surface area contributed by atoms with Crippen molar-refractivity contribution in [1.29, 1.82) is 0 Å². The van der Waals surface area contributed by atoms with Gasteiger partial charge in [-0.15, -0.1) is 0 Å². The highest BCUT2D eigenvalue weighted by Gasteiger charge is 2.07. The molecule has 1 heterocycles. The normalized spacial score (nSPS) is 10.5. The topological polar surface area (TPSA) is 41.1 Å². The Morgan fingerprint density at radius 3 is 2.58 bits per heavy atom. The lowest BCUT2D eigenvalue weighted by atomic mass is 10.2. The van der Waals surface area contributed by atoms with Crippen LogP contribution in [0.4, 0.5) is 17.5 Å². The van der Waals surface area contributed by atoms with E-state index in [2.05, 4.69) is 29.1 Å². The first-order valence-corrected chi connectivity index (χ1v) is 6.52. The summed E-state index contributed by atoms with van der Waals surface area (Å²) in [6.07, 6.45) is 1.78. The number of hydrogen-bond donors (Lipinski definition) is 1. The van der Waals surface area contributed by atoms with E-state index >= 15 is 0 Å². The van der Waals surface area contributed by atoms with Gasteiger partial charge in [-0.3, -0.25) is 0 Å². The zero-order valence-electron chi connectivity index (χ0n) is 11.7. The Morgan fingerprint density at radius 1 is 1.16 bits per heavy atom. The molecular weight excluding hydrogens is 236 g/mol. The Labute approximate surface area is 114 Å². The van der Waals surface area contributed by atoms with Gasteiger partial charge in [0.1, 0.15) is 5.82 Å². The van der Waals surface area contributed by atoms with Crippen molar-refractivity contribution in [2.45, 2.75) is 13.8 Å². The van der Waals surface area contributed by atoms with E-state index in [9.17, 15) is 0 Å². The Morgan fingerprint density at radius 2 is 1.89 bits per heavy atom. The van der Waals surface area contributed by atoms with Crippen molar-refractivity contribution in [2.75, 3.05) is 23.8 Å². The Balaban J connectivity index is 2.14. The summed E-state index contributed by atoms with van der Waals surface area (Å²) >= 11 is 0. The highest BCUT2D eigenvalue weighted by atomic mass is 15.2. The lowest BCUT2D eigenvalue weighted by Crippen LogP contribution is -2.15. The van der Waals surface area contributed by atoms with Gasteiger partial charge < -0.3 is 10.2 Å². The van der Waals surface area contributed by atoms with Crippen molar-refractivity contribution in [3.05, 3.63) is 42.6 Å². The largest absolute Gasteiger partial charge is 0.370 e. The lowest BCUT2D eigenvalue weighted by Gasteiger charge is -2.18. The number of nitrogens with one attached hydrogen (secondary N) is 1. The molecule has 2 rings (SSSR count). The minimum Gasteiger partial charge on any atom is -0.370 e. The van der Waals surface area contributed by atoms with Crippen LogP contribution >= 0.6 is 0 Å². The third-order valence-electron chi connectivity index (χ3n) is 2.78. The van der Waals surface area contributed by atoms with Gasteiger partial charge in [-0.25, -0.2) is 4.98 Å². The first kappa shape index (κ1) is 13.3. The maximum Gasteiger partial charge on any atom is 0.231 e. The molecule has 0 fully saturated rings. The third-order valence-corrected chi connectivity index (χ3v) is 2.78. The molecule has 4 nitrogen and oxygen atoms in total. The van der Waals surface area contributed by atoms with Gasteiger partial charge in [-0.1, -0.05) is 32.0 Å². The van der Waals surface area contributed by atoms with Crippen LogP contribution in [0.25, 0.3) is 0 Å². The molecule has 0 radical (unpaired) electrons. The number of nitrogens with zero attached hydrogens (tertiary/aromatic N) is 3. The van der Waals surface area contributed by atoms with Crippen molar-refractivity contribution in [3.63, 3.8) is 0 Å². The molecular formula is C15H20N4. The van der Waals surface area contributed by atoms with Gasteiger partial charge >= 0.3 is 0 Å². The molecule has 1 aromatic heterocycles. The third kappa shape index (κ3) is 3.68. The van der Waals surface area contributed by atoms with Gasteiger partial charge in [0.2, 0.25) is 5.95 Å². The maximum atomic E-state index is 4.52. The molecule has 0 aliphatic rings. The molecule has 0 unspecified atom stereocenters. The Bertz CT molecular complexity index is 511. The predicted molar refractivity (Wildman–Crippen MR) is 79.9 cm³/mol. The van der Waals surface area contributed by atoms with Crippen molar-refractivity contribution < 1.29 is 0 Å². The molecule has 0 atom stereocenters. The van der Waals surface area contributed by atoms with E-state index in [1.165, 1.54) is 0 Å². The lowest BCUT2D eigenvalue weighted by molar-refractivity contribution is 0.686. The summed E-state index contributed by atoms with van der Waals surface area (Å²) in [4.78, 5) is 10.8. The molecule has 0 aliphatic carbocycles. The zero-order valence-corrected chi connectivity index (χ0v) is 11.7. The van der Waals surface area contributed by atoms with Crippen LogP contribution in [0.3, 0.4) is 0 Å². The molecule has 0 spiro atoms. The van der Waals surface area contributed by atoms with E-state index in [0.29, 0.717) is 11.9 Å². The monoisotopic (exact) mass is 256 g/mol. The van der Waals surface area contributed by atoms with Gasteiger partial charge in [-0.05, 0) is 24.1 Å². The number of rotatable bonds is 5. The van der Waals surface area contributed by atoms with E-state index in [0.717, 1.165) is 18.1 Å². The molecule has 0 aliphatic heterocycles. The minimum atomic E-state index is 0.588. The van der Waals surface area contributed by atoms with E-state index in [-0.39, 0.29) is 0 Å². The predicted octanol–water partition coefficient (Wildman–Crippen LogP) is 3.31. The van der Waals surface area contributed by atoms with Crippen molar-refractivity contribution in [3.8, 4) is 0 Å². The summed E-state index contributed by atoms with van der Waals surface area (Å²) in [5, 5.41) is 3.31. The van der Waals surface area contributed by atoms with Crippen molar-refractivity contribution >= 4 is 17.5 Å². The van der Waals surface area contributed by atoms with E-state index in [1.807, 2.05) is 48.3 Å². The first-order valence-electron chi connectivity index (χ1n) is 6.52. The van der Waals surface area contributed by atoms with Crippen LogP contribution in [-0.4, -0.2) is 23.6 Å². The van der Waals surface area contributed by atoms with Crippen LogP contribution in [0.15, 0.2) is 42.6 Å². The fraction of sp³-hybridized carbons (Fsp3) is 0.333. The van der Waals surface area contributed by atoms with Crippen LogP contribution < -0.4 is 10.2 Å². The fourth-order valence-electron chi connectivity index (χ4n) is 1.68. The molecule has 4 heteroatoms. The Hall–Kier alpha value is -2.10. The summed E-state index contributed by atoms with van der Waals surface area (Å²) in [6.45, 7) is 5.25. The van der Waals surface area contributed by atoms with Crippen LogP contribution in [0.2, 0.25) is 0 Å². The average molecular weight is 256 g/mol. The van der Waals surface area contributed by atoms with Crippen LogP contribution in [-0.2, 0) is 0 Å². The second-order valence-corrected chi connectivity index (χ2v) is 4.91. The maximum absolute atomic E-state index is 4.52. The quantitative estimate of drug-likeness (QED) is 0.891. The molecule has 0 amide bonds. The van der Waals surface area contributed by atoms with Crippen molar-refractivity contribution in [2.24, 2.45) is 5.92 Å². The van der Waals surface area contributed by atoms with Crippen LogP contribution in [0, 0.1) is 5.92 Å². The highest BCUT2D eigenvalue weighted by Crippen LogP contribution is 2.20. The van der Waals surface area contributed by atoms with E-state index in [4.69, 9.17) is 0 Å². The van der Waals surface area contributed by atoms with E-state index < -0.39 is 0 Å². The summed E-state index contributed by atoms with van der Waals surface area (Å²) < 4.78 is 0. The van der Waals surface area contributed by atoms with Crippen LogP contribution in [0.1, 0.15) is 13.8 Å². The molecule has 0 bridgehead atoms. The summed E-state index contributed by atoms with van der Waals surface area (Å²) in [7, 11) is 1.97. The fourth-order valence-corrected chi connectivity index (χ4v) is 1.68. The molecule has 0 saturated heterocycles. The summed E-state index contributed by atoms with van der Waals surface area (Å²) in [5.74, 6) is 2.15. The molecule has 1 N–H and O–H groups in total. The Kier molecular flexibility index (Phi) is 4.34. The second-order valence-electron chi connectivity index (χ2n) is 4.91. The molecule has 19 heavy (non-hydrogen) atoms. The average Bonchev–Trinajstić information content (AvgIpc) is 2.45. The van der Waals surface area contributed by atoms with Gasteiger partial charge in [-0.2, -0.15) is 4.98 Å². The van der Waals surface area contributed by atoms with Gasteiger partial charge in [0.05, 0.1) is 0 Å². The number of aromatic nitrogens is 2. The smallest absolute Gasteiger partial charge is 0.231 e. The van der Waals surface area contributed by atoms with Crippen LogP contribution in [0.5, 0.6) is 0 Å². The SMILES string of the molecule is CC(C)CNc1ccnc(N(C)c2ccccc2)n1. The van der Waals surface area contributed by atoms with Crippen molar-refractivity contribution in [1.82, 2.24) is 9.97 Å². The van der Waals surface area contributed by atoms with Gasteiger partial charge in [0, 0.05) is 25.5 Å². The first-order chi connectivity index (χ1) is 9.16. The number of benzene rings is 1. The number of para-hydroxylation sites is 1. The van der Waals surface area contributed by atoms with Gasteiger partial charge in [0.15, 0.2) is 0 Å². The van der Waals surface area contributed by atoms with E-state index in [1.54, 1.807) is 6.20 Å². The zero-order chi connectivity index (χ0) is 13.7. The molecule has 100 valence electrons. The number of hydrogen-bond acceptors (Lipinski definition) is 4. The molecule has 0 saturated carbocycles. The molecule has 1 aromatic carbocycles. The second kappa shape index (κ2) is 6.18. The molecule has 2 aromatic rings. The number of anilines is 3. The summed E-state index contributed by atoms with van der Waals surface area (Å²) in [6, 6.07) is 12.0.